The van der Waals surface area contributed by atoms with Crippen molar-refractivity contribution in [2.45, 2.75) is 6.42 Å². The van der Waals surface area contributed by atoms with E-state index in [9.17, 15) is 14.9 Å². The second-order valence-electron chi connectivity index (χ2n) is 3.48. The van der Waals surface area contributed by atoms with Gasteiger partial charge in [-0.3, -0.25) is 14.9 Å². The van der Waals surface area contributed by atoms with Gasteiger partial charge < -0.3 is 4.42 Å². The van der Waals surface area contributed by atoms with Crippen LogP contribution in [-0.4, -0.2) is 10.7 Å². The molecule has 0 amide bonds. The molecule has 2 aromatic rings. The number of ketones is 1. The van der Waals surface area contributed by atoms with Crippen LogP contribution in [0.3, 0.4) is 0 Å². The van der Waals surface area contributed by atoms with Crippen LogP contribution in [0.15, 0.2) is 47.1 Å². The van der Waals surface area contributed by atoms with Gasteiger partial charge in [-0.2, -0.15) is 0 Å². The van der Waals surface area contributed by atoms with Gasteiger partial charge in [0.25, 0.3) is 5.69 Å². The van der Waals surface area contributed by atoms with Gasteiger partial charge in [-0.15, -0.1) is 0 Å². The van der Waals surface area contributed by atoms with Gasteiger partial charge in [0.2, 0.25) is 0 Å². The lowest BCUT2D eigenvalue weighted by atomic mass is 10.1. The molecule has 5 nitrogen and oxygen atoms in total. The van der Waals surface area contributed by atoms with E-state index in [0.29, 0.717) is 11.3 Å². The summed E-state index contributed by atoms with van der Waals surface area (Å²) < 4.78 is 5.06. The number of nitrogens with zero attached hydrogens (tertiary/aromatic N) is 1. The summed E-state index contributed by atoms with van der Waals surface area (Å²) in [4.78, 5) is 21.7. The van der Waals surface area contributed by atoms with Crippen LogP contribution in [0.25, 0.3) is 0 Å². The Bertz CT molecular complexity index is 528. The summed E-state index contributed by atoms with van der Waals surface area (Å²) in [6, 6.07) is 8.94. The lowest BCUT2D eigenvalue weighted by Gasteiger charge is -1.98. The van der Waals surface area contributed by atoms with Crippen molar-refractivity contribution in [2.75, 3.05) is 0 Å². The van der Waals surface area contributed by atoms with E-state index in [1.807, 2.05) is 0 Å². The lowest BCUT2D eigenvalue weighted by molar-refractivity contribution is -0.384. The summed E-state index contributed by atoms with van der Waals surface area (Å²) in [7, 11) is 0. The number of hydrogen-bond donors (Lipinski definition) is 0. The van der Waals surface area contributed by atoms with Crippen molar-refractivity contribution in [3.05, 3.63) is 64.1 Å². The molecule has 0 saturated heterocycles. The first-order chi connectivity index (χ1) is 8.16. The Morgan fingerprint density at radius 2 is 1.94 bits per heavy atom. The van der Waals surface area contributed by atoms with Crippen molar-refractivity contribution < 1.29 is 14.1 Å². The first-order valence-electron chi connectivity index (χ1n) is 4.97. The first kappa shape index (κ1) is 11.1. The molecule has 0 aliphatic carbocycles. The van der Waals surface area contributed by atoms with E-state index >= 15 is 0 Å². The first-order valence-corrected chi connectivity index (χ1v) is 4.97. The number of Topliss-reactive ketones (excluding diaryl/α,β-unsaturated/α-hetero) is 1. The Labute approximate surface area is 96.8 Å². The predicted octanol–water partition coefficient (Wildman–Crippen LogP) is 2.61. The molecule has 0 atom stereocenters. The Morgan fingerprint density at radius 1 is 1.24 bits per heavy atom. The highest BCUT2D eigenvalue weighted by Gasteiger charge is 2.11. The highest BCUT2D eigenvalue weighted by molar-refractivity contribution is 5.97. The Kier molecular flexibility index (Phi) is 3.00. The maximum Gasteiger partial charge on any atom is 0.269 e. The molecular formula is C12H9NO4. The van der Waals surface area contributed by atoms with Crippen LogP contribution in [0.2, 0.25) is 0 Å². The number of nitro benzene ring substituents is 1. The highest BCUT2D eigenvalue weighted by Crippen LogP contribution is 2.14. The SMILES string of the molecule is O=C(Cc1ccco1)c1ccc([N+](=O)[O-])cc1. The van der Waals surface area contributed by atoms with Crippen molar-refractivity contribution in [1.82, 2.24) is 0 Å². The largest absolute Gasteiger partial charge is 0.469 e. The number of benzene rings is 1. The van der Waals surface area contributed by atoms with Crippen LogP contribution in [0.5, 0.6) is 0 Å². The average Bonchev–Trinajstić information content (AvgIpc) is 2.82. The van der Waals surface area contributed by atoms with Crippen molar-refractivity contribution in [3.63, 3.8) is 0 Å². The molecule has 0 aliphatic heterocycles. The topological polar surface area (TPSA) is 73.3 Å². The van der Waals surface area contributed by atoms with E-state index in [1.54, 1.807) is 12.1 Å². The quantitative estimate of drug-likeness (QED) is 0.460. The minimum absolute atomic E-state index is 0.0282. The molecule has 1 aromatic carbocycles. The number of non-ortho nitro benzene ring substituents is 1. The van der Waals surface area contributed by atoms with E-state index in [2.05, 4.69) is 0 Å². The van der Waals surface area contributed by atoms with Gasteiger partial charge in [-0.25, -0.2) is 0 Å². The van der Waals surface area contributed by atoms with Gasteiger partial charge in [0.15, 0.2) is 5.78 Å². The zero-order valence-electron chi connectivity index (χ0n) is 8.83. The summed E-state index contributed by atoms with van der Waals surface area (Å²) in [5.74, 6) is 0.447. The molecule has 0 radical (unpaired) electrons. The standard InChI is InChI=1S/C12H9NO4/c14-12(8-11-2-1-7-17-11)9-3-5-10(6-4-9)13(15)16/h1-7H,8H2. The average molecular weight is 231 g/mol. The van der Waals surface area contributed by atoms with Crippen molar-refractivity contribution in [2.24, 2.45) is 0 Å². The fourth-order valence-corrected chi connectivity index (χ4v) is 1.44. The molecule has 0 saturated carbocycles. The summed E-state index contributed by atoms with van der Waals surface area (Å²) in [6.45, 7) is 0. The molecule has 5 heteroatoms. The molecule has 0 fully saturated rings. The van der Waals surface area contributed by atoms with Crippen LogP contribution in [-0.2, 0) is 6.42 Å². The normalized spacial score (nSPS) is 10.1. The monoisotopic (exact) mass is 231 g/mol. The minimum Gasteiger partial charge on any atom is -0.469 e. The third-order valence-electron chi connectivity index (χ3n) is 2.31. The van der Waals surface area contributed by atoms with E-state index < -0.39 is 4.92 Å². The fourth-order valence-electron chi connectivity index (χ4n) is 1.44. The number of furan rings is 1. The molecule has 0 unspecified atom stereocenters. The smallest absolute Gasteiger partial charge is 0.269 e. The zero-order chi connectivity index (χ0) is 12.3. The molecule has 1 heterocycles. The maximum absolute atomic E-state index is 11.8. The second kappa shape index (κ2) is 4.61. The highest BCUT2D eigenvalue weighted by atomic mass is 16.6. The molecular weight excluding hydrogens is 222 g/mol. The number of carbonyl (C=O) groups is 1. The zero-order valence-corrected chi connectivity index (χ0v) is 8.83. The molecule has 0 bridgehead atoms. The van der Waals surface area contributed by atoms with E-state index in [4.69, 9.17) is 4.42 Å². The number of rotatable bonds is 4. The van der Waals surface area contributed by atoms with Gasteiger partial charge in [0, 0.05) is 17.7 Å². The van der Waals surface area contributed by atoms with Crippen LogP contribution in [0.1, 0.15) is 16.1 Å². The minimum atomic E-state index is -0.499. The van der Waals surface area contributed by atoms with Crippen molar-refractivity contribution in [1.29, 1.82) is 0 Å². The summed E-state index contributed by atoms with van der Waals surface area (Å²) in [6.07, 6.45) is 1.66. The fraction of sp³-hybridized carbons (Fsp3) is 0.0833. The number of carbonyl (C=O) groups excluding carboxylic acids is 1. The number of nitro groups is 1. The van der Waals surface area contributed by atoms with Crippen LogP contribution in [0, 0.1) is 10.1 Å². The van der Waals surface area contributed by atoms with Crippen molar-refractivity contribution >= 4 is 11.5 Å². The number of hydrogen-bond acceptors (Lipinski definition) is 4. The molecule has 86 valence electrons. The Hall–Kier alpha value is -2.43. The summed E-state index contributed by atoms with van der Waals surface area (Å²) in [5, 5.41) is 10.4. The Balaban J connectivity index is 2.12. The summed E-state index contributed by atoms with van der Waals surface area (Å²) in [5.41, 5.74) is 0.409. The third-order valence-corrected chi connectivity index (χ3v) is 2.31. The van der Waals surface area contributed by atoms with Crippen LogP contribution >= 0.6 is 0 Å². The molecule has 17 heavy (non-hydrogen) atoms. The van der Waals surface area contributed by atoms with E-state index in [0.717, 1.165) is 0 Å². The second-order valence-corrected chi connectivity index (χ2v) is 3.48. The van der Waals surface area contributed by atoms with Gasteiger partial charge in [0.1, 0.15) is 5.76 Å². The predicted molar refractivity (Wildman–Crippen MR) is 59.8 cm³/mol. The van der Waals surface area contributed by atoms with Gasteiger partial charge in [-0.05, 0) is 24.3 Å². The summed E-state index contributed by atoms with van der Waals surface area (Å²) >= 11 is 0. The molecule has 2 rings (SSSR count). The maximum atomic E-state index is 11.8. The lowest BCUT2D eigenvalue weighted by Crippen LogP contribution is -2.02. The van der Waals surface area contributed by atoms with E-state index in [1.165, 1.54) is 30.5 Å². The Morgan fingerprint density at radius 3 is 2.47 bits per heavy atom. The van der Waals surface area contributed by atoms with Gasteiger partial charge >= 0.3 is 0 Å². The molecule has 0 N–H and O–H groups in total. The van der Waals surface area contributed by atoms with E-state index in [-0.39, 0.29) is 17.9 Å². The van der Waals surface area contributed by atoms with Crippen LogP contribution < -0.4 is 0 Å². The van der Waals surface area contributed by atoms with Gasteiger partial charge in [-0.1, -0.05) is 0 Å². The van der Waals surface area contributed by atoms with Crippen molar-refractivity contribution in [3.8, 4) is 0 Å². The van der Waals surface area contributed by atoms with Gasteiger partial charge in [0.05, 0.1) is 17.6 Å². The molecule has 0 spiro atoms. The molecule has 0 aliphatic rings. The third kappa shape index (κ3) is 2.57. The molecule has 1 aromatic heterocycles. The van der Waals surface area contributed by atoms with Crippen LogP contribution in [0.4, 0.5) is 5.69 Å².